The number of fused-ring (bicyclic) bond motifs is 1. The highest BCUT2D eigenvalue weighted by Gasteiger charge is 2.38. The van der Waals surface area contributed by atoms with Crippen LogP contribution in [0.4, 0.5) is 4.79 Å². The Labute approximate surface area is 201 Å². The van der Waals surface area contributed by atoms with Crippen molar-refractivity contribution in [1.29, 1.82) is 0 Å². The number of carbonyl (C=O) groups is 2. The molecule has 32 heavy (non-hydrogen) atoms. The number of halogens is 2. The topological polar surface area (TPSA) is 74.2 Å². The van der Waals surface area contributed by atoms with Crippen LogP contribution < -0.4 is 5.32 Å². The molecule has 0 spiro atoms. The van der Waals surface area contributed by atoms with Gasteiger partial charge in [0, 0.05) is 42.9 Å². The van der Waals surface area contributed by atoms with E-state index in [4.69, 9.17) is 27.9 Å². The zero-order chi connectivity index (χ0) is 22.7. The highest BCUT2D eigenvalue weighted by atomic mass is 35.5. The molecule has 0 radical (unpaired) electrons. The number of ether oxygens (including phenoxy) is 1. The number of carbonyl (C=O) groups excluding carboxylic acids is 2. The fraction of sp³-hybridized carbons (Fsp3) is 0.870. The molecule has 7 nitrogen and oxygen atoms in total. The fourth-order valence-corrected chi connectivity index (χ4v) is 6.79. The van der Waals surface area contributed by atoms with Gasteiger partial charge in [0.15, 0.2) is 0 Å². The first kappa shape index (κ1) is 23.9. The number of likely N-dealkylation sites (tertiary alicyclic amines) is 1. The van der Waals surface area contributed by atoms with E-state index in [1.807, 2.05) is 11.8 Å². The Morgan fingerprint density at radius 1 is 1.12 bits per heavy atom. The van der Waals surface area contributed by atoms with Crippen LogP contribution in [0.15, 0.2) is 4.99 Å². The summed E-state index contributed by atoms with van der Waals surface area (Å²) in [5.41, 5.74) is 0. The van der Waals surface area contributed by atoms with Crippen LogP contribution in [0.2, 0.25) is 0 Å². The highest BCUT2D eigenvalue weighted by Crippen LogP contribution is 2.32. The zero-order valence-electron chi connectivity index (χ0n) is 18.9. The van der Waals surface area contributed by atoms with E-state index in [1.165, 1.54) is 0 Å². The third-order valence-electron chi connectivity index (χ3n) is 7.57. The van der Waals surface area contributed by atoms with E-state index in [-0.39, 0.29) is 34.6 Å². The Morgan fingerprint density at radius 3 is 2.66 bits per heavy atom. The fourth-order valence-electron chi connectivity index (χ4n) is 5.77. The minimum absolute atomic E-state index is 0.0655. The van der Waals surface area contributed by atoms with Gasteiger partial charge < -0.3 is 19.9 Å². The number of rotatable bonds is 6. The van der Waals surface area contributed by atoms with Crippen molar-refractivity contribution in [3.63, 3.8) is 0 Å². The van der Waals surface area contributed by atoms with Gasteiger partial charge in [0.1, 0.15) is 0 Å². The zero-order valence-corrected chi connectivity index (χ0v) is 20.4. The molecular formula is C23H36Cl2N4O3. The summed E-state index contributed by atoms with van der Waals surface area (Å²) in [6, 6.07) is 0.642. The summed E-state index contributed by atoms with van der Waals surface area (Å²) in [4.78, 5) is 34.0. The second-order valence-electron chi connectivity index (χ2n) is 9.95. The van der Waals surface area contributed by atoms with Crippen LogP contribution in [0, 0.1) is 17.8 Å². The van der Waals surface area contributed by atoms with Gasteiger partial charge in [-0.1, -0.05) is 0 Å². The van der Waals surface area contributed by atoms with Crippen LogP contribution in [0.25, 0.3) is 0 Å². The quantitative estimate of drug-likeness (QED) is 0.583. The second kappa shape index (κ2) is 10.8. The molecule has 2 aliphatic carbocycles. The third kappa shape index (κ3) is 5.82. The van der Waals surface area contributed by atoms with Gasteiger partial charge in [-0.3, -0.25) is 9.79 Å². The first-order valence-electron chi connectivity index (χ1n) is 12.2. The number of alkyl halides is 2. The minimum Gasteiger partial charge on any atom is -0.449 e. The molecule has 180 valence electrons. The van der Waals surface area contributed by atoms with Crippen LogP contribution in [0.3, 0.4) is 0 Å². The summed E-state index contributed by atoms with van der Waals surface area (Å²) < 4.78 is 5.59. The molecule has 1 N–H and O–H groups in total. The molecule has 6 atom stereocenters. The average molecular weight is 487 g/mol. The Kier molecular flexibility index (Phi) is 8.09. The first-order chi connectivity index (χ1) is 15.4. The normalized spacial score (nSPS) is 36.5. The molecule has 0 aromatic carbocycles. The van der Waals surface area contributed by atoms with Crippen molar-refractivity contribution in [3.05, 3.63) is 0 Å². The van der Waals surface area contributed by atoms with Gasteiger partial charge in [0.2, 0.25) is 5.91 Å². The van der Waals surface area contributed by atoms with Gasteiger partial charge >= 0.3 is 6.09 Å². The number of nitrogens with zero attached hydrogens (tertiary/aromatic N) is 3. The van der Waals surface area contributed by atoms with Crippen molar-refractivity contribution in [2.45, 2.75) is 74.7 Å². The standard InChI is InChI=1S/C23H36Cl2N4O3/c1-2-28(22(30)17-3-4-20-21(9-17)27-14-26-20)11-15-5-6-29(12-15)23(31)32-13-16-7-18(24)10-19(25)8-16/h14-21H,2-13H2,1H3,(H,26,27). The molecule has 2 heterocycles. The summed E-state index contributed by atoms with van der Waals surface area (Å²) in [5, 5.41) is 3.43. The van der Waals surface area contributed by atoms with Crippen molar-refractivity contribution in [2.24, 2.45) is 22.7 Å². The van der Waals surface area contributed by atoms with Gasteiger partial charge in [-0.25, -0.2) is 4.79 Å². The lowest BCUT2D eigenvalue weighted by molar-refractivity contribution is -0.137. The molecule has 0 aromatic rings. The van der Waals surface area contributed by atoms with Crippen molar-refractivity contribution in [3.8, 4) is 0 Å². The van der Waals surface area contributed by atoms with Gasteiger partial charge in [-0.15, -0.1) is 23.2 Å². The van der Waals surface area contributed by atoms with Crippen LogP contribution >= 0.6 is 23.2 Å². The lowest BCUT2D eigenvalue weighted by atomic mass is 9.82. The average Bonchev–Trinajstić information content (AvgIpc) is 3.43. The Morgan fingerprint density at radius 2 is 1.91 bits per heavy atom. The number of hydrogen-bond donors (Lipinski definition) is 1. The molecule has 4 aliphatic rings. The molecule has 6 unspecified atom stereocenters. The van der Waals surface area contributed by atoms with Gasteiger partial charge in [0.05, 0.1) is 25.0 Å². The third-order valence-corrected chi connectivity index (χ3v) is 8.28. The highest BCUT2D eigenvalue weighted by molar-refractivity contribution is 6.23. The predicted molar refractivity (Wildman–Crippen MR) is 126 cm³/mol. The summed E-state index contributed by atoms with van der Waals surface area (Å²) in [6.45, 7) is 5.17. The molecule has 2 amide bonds. The lowest BCUT2D eigenvalue weighted by Gasteiger charge is -2.34. The SMILES string of the molecule is CCN(CC1CCN(C(=O)OCC2CC(Cl)CC(Cl)C2)C1)C(=O)C1CCC2N=CNC2C1. The number of aliphatic imine (C=N–C) groups is 1. The number of hydrogen-bond acceptors (Lipinski definition) is 5. The molecule has 4 rings (SSSR count). The maximum Gasteiger partial charge on any atom is 0.409 e. The van der Waals surface area contributed by atoms with Crippen molar-refractivity contribution >= 4 is 41.5 Å². The van der Waals surface area contributed by atoms with Gasteiger partial charge in [-0.05, 0) is 63.7 Å². The van der Waals surface area contributed by atoms with Crippen LogP contribution in [-0.2, 0) is 9.53 Å². The molecule has 1 saturated heterocycles. The Bertz CT molecular complexity index is 699. The molecule has 3 fully saturated rings. The summed E-state index contributed by atoms with van der Waals surface area (Å²) in [5.74, 6) is 0.855. The van der Waals surface area contributed by atoms with E-state index in [0.29, 0.717) is 50.8 Å². The van der Waals surface area contributed by atoms with Crippen LogP contribution in [0.1, 0.15) is 51.9 Å². The van der Waals surface area contributed by atoms with Crippen LogP contribution in [-0.4, -0.2) is 83.8 Å². The Hall–Kier alpha value is -1.21. The molecule has 9 heteroatoms. The first-order valence-corrected chi connectivity index (χ1v) is 13.1. The van der Waals surface area contributed by atoms with E-state index in [2.05, 4.69) is 10.3 Å². The molecule has 0 bridgehead atoms. The molecule has 0 aromatic heterocycles. The number of nitrogens with one attached hydrogen (secondary N) is 1. The van der Waals surface area contributed by atoms with Crippen molar-refractivity contribution in [1.82, 2.24) is 15.1 Å². The largest absolute Gasteiger partial charge is 0.449 e. The summed E-state index contributed by atoms with van der Waals surface area (Å²) in [6.07, 6.45) is 7.69. The maximum atomic E-state index is 13.2. The molecule has 2 aliphatic heterocycles. The van der Waals surface area contributed by atoms with E-state index in [1.54, 1.807) is 11.2 Å². The molecule has 2 saturated carbocycles. The number of amides is 2. The summed E-state index contributed by atoms with van der Waals surface area (Å²) in [7, 11) is 0. The van der Waals surface area contributed by atoms with Gasteiger partial charge in [0.25, 0.3) is 0 Å². The van der Waals surface area contributed by atoms with E-state index >= 15 is 0 Å². The van der Waals surface area contributed by atoms with E-state index < -0.39 is 0 Å². The van der Waals surface area contributed by atoms with Crippen molar-refractivity contribution in [2.75, 3.05) is 32.8 Å². The van der Waals surface area contributed by atoms with E-state index in [9.17, 15) is 9.59 Å². The summed E-state index contributed by atoms with van der Waals surface area (Å²) >= 11 is 12.5. The predicted octanol–water partition coefficient (Wildman–Crippen LogP) is 3.48. The smallest absolute Gasteiger partial charge is 0.409 e. The monoisotopic (exact) mass is 486 g/mol. The maximum absolute atomic E-state index is 13.2. The molecular weight excluding hydrogens is 451 g/mol. The van der Waals surface area contributed by atoms with Gasteiger partial charge in [-0.2, -0.15) is 0 Å². The van der Waals surface area contributed by atoms with E-state index in [0.717, 1.165) is 44.9 Å². The van der Waals surface area contributed by atoms with Crippen molar-refractivity contribution < 1.29 is 14.3 Å². The second-order valence-corrected chi connectivity index (χ2v) is 11.2. The lowest BCUT2D eigenvalue weighted by Crippen LogP contribution is -2.46. The van der Waals surface area contributed by atoms with Crippen LogP contribution in [0.5, 0.6) is 0 Å². The Balaban J connectivity index is 1.21. The minimum atomic E-state index is -0.254.